The van der Waals surface area contributed by atoms with Gasteiger partial charge in [-0.25, -0.2) is 13.1 Å². The normalized spacial score (nSPS) is 22.2. The van der Waals surface area contributed by atoms with Crippen LogP contribution in [0.1, 0.15) is 60.6 Å². The third kappa shape index (κ3) is 4.59. The van der Waals surface area contributed by atoms with Crippen molar-refractivity contribution in [2.24, 2.45) is 0 Å². The second-order valence-electron chi connectivity index (χ2n) is 9.92. The number of fused-ring (bicyclic) bond motifs is 1. The van der Waals surface area contributed by atoms with E-state index < -0.39 is 21.2 Å². The lowest BCUT2D eigenvalue weighted by atomic mass is 9.73. The second-order valence-corrected chi connectivity index (χ2v) is 11.9. The number of benzene rings is 2. The number of hydrogen-bond donors (Lipinski definition) is 2. The van der Waals surface area contributed by atoms with Gasteiger partial charge in [0, 0.05) is 30.0 Å². The highest BCUT2D eigenvalue weighted by molar-refractivity contribution is 7.91. The minimum absolute atomic E-state index is 0.142. The molecular weight excluding hydrogens is 438 g/mol. The lowest BCUT2D eigenvalue weighted by Gasteiger charge is -2.39. The largest absolute Gasteiger partial charge is 0.378 e. The molecule has 2 heterocycles. The molecule has 7 nitrogen and oxygen atoms in total. The van der Waals surface area contributed by atoms with E-state index in [9.17, 15) is 13.2 Å². The monoisotopic (exact) mass is 469 g/mol. The van der Waals surface area contributed by atoms with E-state index >= 15 is 0 Å². The summed E-state index contributed by atoms with van der Waals surface area (Å²) in [6, 6.07) is 14.3. The highest BCUT2D eigenvalue weighted by Crippen LogP contribution is 2.44. The summed E-state index contributed by atoms with van der Waals surface area (Å²) in [5.41, 5.74) is 4.64. The van der Waals surface area contributed by atoms with Crippen LogP contribution in [0.5, 0.6) is 0 Å². The zero-order chi connectivity index (χ0) is 23.2. The Labute approximate surface area is 195 Å². The van der Waals surface area contributed by atoms with Crippen molar-refractivity contribution in [3.8, 4) is 0 Å². The van der Waals surface area contributed by atoms with Gasteiger partial charge in [-0.1, -0.05) is 26.0 Å². The van der Waals surface area contributed by atoms with Crippen molar-refractivity contribution in [2.45, 2.75) is 49.8 Å². The Bertz CT molecular complexity index is 1170. The van der Waals surface area contributed by atoms with Crippen molar-refractivity contribution < 1.29 is 17.9 Å². The molecule has 2 N–H and O–H groups in total. The topological polar surface area (TPSA) is 87.7 Å². The van der Waals surface area contributed by atoms with Crippen LogP contribution in [0.4, 0.5) is 11.4 Å². The van der Waals surface area contributed by atoms with Crippen LogP contribution in [-0.2, 0) is 20.2 Å². The maximum absolute atomic E-state index is 12.6. The number of nitrogens with zero attached hydrogens (tertiary/aromatic N) is 1. The lowest BCUT2D eigenvalue weighted by molar-refractivity contribution is 0.0981. The molecule has 2 aromatic rings. The molecule has 1 unspecified atom stereocenters. The number of rotatable bonds is 5. The highest BCUT2D eigenvalue weighted by atomic mass is 32.2. The first-order valence-electron chi connectivity index (χ1n) is 11.6. The number of sulfonamides is 1. The smallest absolute Gasteiger partial charge is 0.264 e. The Morgan fingerprint density at radius 2 is 1.88 bits per heavy atom. The molecule has 1 saturated carbocycles. The fourth-order valence-corrected chi connectivity index (χ4v) is 6.14. The zero-order valence-corrected chi connectivity index (χ0v) is 20.0. The molecule has 8 heteroatoms. The van der Waals surface area contributed by atoms with Gasteiger partial charge >= 0.3 is 0 Å². The quantitative estimate of drug-likeness (QED) is 0.696. The summed E-state index contributed by atoms with van der Waals surface area (Å²) in [5, 5.41) is 3.22. The van der Waals surface area contributed by atoms with Crippen molar-refractivity contribution in [3.63, 3.8) is 0 Å². The van der Waals surface area contributed by atoms with Crippen LogP contribution in [-0.4, -0.2) is 45.9 Å². The van der Waals surface area contributed by atoms with Gasteiger partial charge in [-0.3, -0.25) is 4.79 Å². The van der Waals surface area contributed by atoms with Crippen molar-refractivity contribution >= 4 is 27.3 Å². The fraction of sp³-hybridized carbons (Fsp3) is 0.480. The molecule has 1 atom stereocenters. The number of hydrogen-bond acceptors (Lipinski definition) is 6. The summed E-state index contributed by atoms with van der Waals surface area (Å²) in [6.45, 7) is 7.66. The average molecular weight is 470 g/mol. The molecule has 0 bridgehead atoms. The third-order valence-corrected chi connectivity index (χ3v) is 8.72. The maximum Gasteiger partial charge on any atom is 0.264 e. The van der Waals surface area contributed by atoms with Crippen LogP contribution in [0.3, 0.4) is 0 Å². The molecule has 33 heavy (non-hydrogen) atoms. The van der Waals surface area contributed by atoms with Gasteiger partial charge in [-0.2, -0.15) is 0 Å². The van der Waals surface area contributed by atoms with Gasteiger partial charge in [0.05, 0.1) is 24.5 Å². The van der Waals surface area contributed by atoms with E-state index in [1.54, 1.807) is 6.07 Å². The molecule has 5 rings (SSSR count). The van der Waals surface area contributed by atoms with Crippen molar-refractivity contribution in [3.05, 3.63) is 59.2 Å². The first kappa shape index (κ1) is 22.2. The van der Waals surface area contributed by atoms with Crippen LogP contribution in [0, 0.1) is 0 Å². The molecule has 0 aromatic heterocycles. The van der Waals surface area contributed by atoms with Gasteiger partial charge in [0.25, 0.3) is 5.91 Å². The lowest BCUT2D eigenvalue weighted by Crippen LogP contribution is -2.36. The summed E-state index contributed by atoms with van der Waals surface area (Å²) in [6.07, 6.45) is 2.10. The molecule has 2 fully saturated rings. The van der Waals surface area contributed by atoms with Gasteiger partial charge in [0.15, 0.2) is 0 Å². The summed E-state index contributed by atoms with van der Waals surface area (Å²) >= 11 is 0. The van der Waals surface area contributed by atoms with E-state index in [1.807, 2.05) is 12.1 Å². The van der Waals surface area contributed by atoms with E-state index in [4.69, 9.17) is 4.74 Å². The van der Waals surface area contributed by atoms with Crippen LogP contribution in [0.25, 0.3) is 0 Å². The van der Waals surface area contributed by atoms with Crippen LogP contribution < -0.4 is 14.9 Å². The summed E-state index contributed by atoms with van der Waals surface area (Å²) < 4.78 is 32.1. The Morgan fingerprint density at radius 3 is 2.61 bits per heavy atom. The molecule has 176 valence electrons. The third-order valence-electron chi connectivity index (χ3n) is 6.90. The van der Waals surface area contributed by atoms with Crippen LogP contribution in [0.15, 0.2) is 42.5 Å². The van der Waals surface area contributed by atoms with E-state index in [0.29, 0.717) is 18.4 Å². The Kier molecular flexibility index (Phi) is 5.61. The summed E-state index contributed by atoms with van der Waals surface area (Å²) in [7, 11) is -3.57. The van der Waals surface area contributed by atoms with Crippen LogP contribution >= 0.6 is 0 Å². The predicted molar refractivity (Wildman–Crippen MR) is 129 cm³/mol. The number of ether oxygens (including phenoxy) is 1. The Morgan fingerprint density at radius 1 is 1.12 bits per heavy atom. The highest BCUT2D eigenvalue weighted by Gasteiger charge is 2.38. The Balaban J connectivity index is 1.38. The maximum atomic E-state index is 12.6. The minimum atomic E-state index is -3.57. The predicted octanol–water partition coefficient (Wildman–Crippen LogP) is 3.58. The van der Waals surface area contributed by atoms with Gasteiger partial charge in [-0.15, -0.1) is 0 Å². The minimum Gasteiger partial charge on any atom is -0.378 e. The van der Waals surface area contributed by atoms with Gasteiger partial charge in [0.2, 0.25) is 10.0 Å². The standard InChI is InChI=1S/C25H31N3O4S/c1-25(2)16-23(17-4-3-5-19(14-17)28-10-12-32-13-11-28)26-22-9-6-18(15-21(22)25)24(29)27-33(30,31)20-7-8-20/h3-6,9,14-15,20,23,26H,7-8,10-13,16H2,1-2H3,(H,27,29). The molecular formula is C25H31N3O4S. The molecule has 1 amide bonds. The summed E-state index contributed by atoms with van der Waals surface area (Å²) in [4.78, 5) is 15.0. The van der Waals surface area contributed by atoms with Gasteiger partial charge in [0.1, 0.15) is 0 Å². The van der Waals surface area contributed by atoms with E-state index in [1.165, 1.54) is 11.3 Å². The van der Waals surface area contributed by atoms with E-state index in [-0.39, 0.29) is 11.5 Å². The molecule has 2 aliphatic heterocycles. The number of nitrogens with one attached hydrogen (secondary N) is 2. The van der Waals surface area contributed by atoms with Gasteiger partial charge < -0.3 is 15.0 Å². The van der Waals surface area contributed by atoms with Crippen LogP contribution in [0.2, 0.25) is 0 Å². The molecule has 3 aliphatic rings. The second kappa shape index (κ2) is 8.33. The van der Waals surface area contributed by atoms with Crippen molar-refractivity contribution in [1.29, 1.82) is 0 Å². The first-order valence-corrected chi connectivity index (χ1v) is 13.2. The Hall–Kier alpha value is -2.58. The molecule has 1 saturated heterocycles. The number of anilines is 2. The zero-order valence-electron chi connectivity index (χ0n) is 19.1. The van der Waals surface area contributed by atoms with Crippen molar-refractivity contribution in [1.82, 2.24) is 4.72 Å². The SMILES string of the molecule is CC1(C)CC(c2cccc(N3CCOCC3)c2)Nc2ccc(C(=O)NS(=O)(=O)C3CC3)cc21. The fourth-order valence-electron chi connectivity index (χ4n) is 4.84. The average Bonchev–Trinajstić information content (AvgIpc) is 3.65. The number of carbonyl (C=O) groups excluding carboxylic acids is 1. The molecule has 0 spiro atoms. The number of amides is 1. The number of carbonyl (C=O) groups is 1. The molecule has 1 aliphatic carbocycles. The van der Waals surface area contributed by atoms with Crippen molar-refractivity contribution in [2.75, 3.05) is 36.5 Å². The van der Waals surface area contributed by atoms with E-state index in [0.717, 1.165) is 44.0 Å². The number of morpholine rings is 1. The van der Waals surface area contributed by atoms with E-state index in [2.05, 4.69) is 53.1 Å². The molecule has 2 aromatic carbocycles. The van der Waals surface area contributed by atoms with Gasteiger partial charge in [-0.05, 0) is 66.1 Å². The summed E-state index contributed by atoms with van der Waals surface area (Å²) in [5.74, 6) is -0.555. The molecule has 0 radical (unpaired) electrons. The first-order chi connectivity index (χ1) is 15.7.